The summed E-state index contributed by atoms with van der Waals surface area (Å²) < 4.78 is 5.41. The molecule has 0 fully saturated rings. The van der Waals surface area contributed by atoms with E-state index in [0.29, 0.717) is 0 Å². The van der Waals surface area contributed by atoms with E-state index >= 15 is 0 Å². The first-order valence-corrected chi connectivity index (χ1v) is 7.27. The lowest BCUT2D eigenvalue weighted by atomic mass is 10.2. The first kappa shape index (κ1) is 15.3. The van der Waals surface area contributed by atoms with Gasteiger partial charge in [-0.1, -0.05) is 12.1 Å². The number of tetrazole rings is 1. The maximum atomic E-state index is 9.21. The minimum atomic E-state index is -0.000395. The predicted molar refractivity (Wildman–Crippen MR) is 88.6 cm³/mol. The van der Waals surface area contributed by atoms with Crippen molar-refractivity contribution in [2.24, 2.45) is 0 Å². The summed E-state index contributed by atoms with van der Waals surface area (Å²) in [5.74, 6) is 1.07. The molecule has 24 heavy (non-hydrogen) atoms. The Labute approximate surface area is 138 Å². The second-order valence-corrected chi connectivity index (χ2v) is 4.98. The largest absolute Gasteiger partial charge is 0.467 e. The van der Waals surface area contributed by atoms with Crippen LogP contribution in [0.3, 0.4) is 0 Å². The molecule has 0 aliphatic heterocycles. The van der Waals surface area contributed by atoms with Gasteiger partial charge in [0.2, 0.25) is 5.82 Å². The Kier molecular flexibility index (Phi) is 4.53. The molecule has 3 rings (SSSR count). The zero-order valence-corrected chi connectivity index (χ0v) is 12.9. The number of anilines is 2. The van der Waals surface area contributed by atoms with Crippen molar-refractivity contribution in [2.75, 3.05) is 10.6 Å². The molecular formula is C16H15N7O. The molecule has 1 atom stereocenters. The normalized spacial score (nSPS) is 12.4. The SMILES string of the molecule is CC(Nc1ccccc1NC=C(C#N)c1nn[nH]n1)c1ccco1. The molecular weight excluding hydrogens is 306 g/mol. The van der Waals surface area contributed by atoms with Gasteiger partial charge in [-0.05, 0) is 36.4 Å². The Balaban J connectivity index is 1.78. The molecule has 1 unspecified atom stereocenters. The zero-order chi connectivity index (χ0) is 16.8. The Hall–Kier alpha value is -3.60. The van der Waals surface area contributed by atoms with Gasteiger partial charge in [-0.2, -0.15) is 10.5 Å². The topological polar surface area (TPSA) is 115 Å². The van der Waals surface area contributed by atoms with Crippen molar-refractivity contribution in [3.05, 3.63) is 60.4 Å². The number of nitriles is 1. The molecule has 8 heteroatoms. The van der Waals surface area contributed by atoms with Gasteiger partial charge in [0.1, 0.15) is 17.4 Å². The van der Waals surface area contributed by atoms with Crippen LogP contribution in [0.25, 0.3) is 5.57 Å². The highest BCUT2D eigenvalue weighted by Crippen LogP contribution is 2.26. The molecule has 1 aromatic carbocycles. The maximum Gasteiger partial charge on any atom is 0.216 e. The molecule has 0 radical (unpaired) electrons. The lowest BCUT2D eigenvalue weighted by Gasteiger charge is -2.16. The third kappa shape index (κ3) is 3.41. The van der Waals surface area contributed by atoms with Gasteiger partial charge in [-0.15, -0.1) is 10.2 Å². The van der Waals surface area contributed by atoms with Gasteiger partial charge in [0.15, 0.2) is 0 Å². The number of para-hydroxylation sites is 2. The molecule has 2 aromatic heterocycles. The summed E-state index contributed by atoms with van der Waals surface area (Å²) in [6, 6.07) is 13.5. The number of nitrogens with zero attached hydrogens (tertiary/aromatic N) is 4. The van der Waals surface area contributed by atoms with Crippen LogP contribution in [0.1, 0.15) is 24.6 Å². The number of H-pyrrole nitrogens is 1. The fourth-order valence-electron chi connectivity index (χ4n) is 2.15. The Morgan fingerprint density at radius 3 is 2.79 bits per heavy atom. The molecule has 8 nitrogen and oxygen atoms in total. The molecule has 0 amide bonds. The van der Waals surface area contributed by atoms with Crippen molar-refractivity contribution in [1.82, 2.24) is 20.6 Å². The Bertz CT molecular complexity index is 847. The van der Waals surface area contributed by atoms with Crippen molar-refractivity contribution in [2.45, 2.75) is 13.0 Å². The minimum Gasteiger partial charge on any atom is -0.467 e. The van der Waals surface area contributed by atoms with Crippen molar-refractivity contribution in [3.63, 3.8) is 0 Å². The molecule has 0 aliphatic rings. The van der Waals surface area contributed by atoms with Crippen molar-refractivity contribution in [1.29, 1.82) is 5.26 Å². The molecule has 3 aromatic rings. The number of hydrogen-bond donors (Lipinski definition) is 3. The fourth-order valence-corrected chi connectivity index (χ4v) is 2.15. The van der Waals surface area contributed by atoms with Crippen LogP contribution >= 0.6 is 0 Å². The second-order valence-electron chi connectivity index (χ2n) is 4.98. The average molecular weight is 321 g/mol. The highest BCUT2D eigenvalue weighted by Gasteiger charge is 2.11. The van der Waals surface area contributed by atoms with E-state index in [1.54, 1.807) is 12.5 Å². The first-order valence-electron chi connectivity index (χ1n) is 7.27. The van der Waals surface area contributed by atoms with Crippen LogP contribution in [0, 0.1) is 11.3 Å². The summed E-state index contributed by atoms with van der Waals surface area (Å²) in [6.45, 7) is 2.01. The molecule has 120 valence electrons. The number of hydrogen-bond acceptors (Lipinski definition) is 7. The highest BCUT2D eigenvalue weighted by atomic mass is 16.3. The van der Waals surface area contributed by atoms with E-state index in [0.717, 1.165) is 17.1 Å². The number of rotatable bonds is 6. The van der Waals surface area contributed by atoms with Crippen LogP contribution in [0.15, 0.2) is 53.3 Å². The molecule has 2 heterocycles. The molecule has 0 saturated carbocycles. The van der Waals surface area contributed by atoms with Gasteiger partial charge < -0.3 is 15.1 Å². The van der Waals surface area contributed by atoms with Gasteiger partial charge >= 0.3 is 0 Å². The van der Waals surface area contributed by atoms with Crippen LogP contribution < -0.4 is 10.6 Å². The quantitative estimate of drug-likeness (QED) is 0.598. The number of nitrogens with one attached hydrogen (secondary N) is 3. The smallest absolute Gasteiger partial charge is 0.216 e. The van der Waals surface area contributed by atoms with E-state index in [-0.39, 0.29) is 17.4 Å². The lowest BCUT2D eigenvalue weighted by molar-refractivity contribution is 0.490. The fraction of sp³-hybridized carbons (Fsp3) is 0.125. The Morgan fingerprint density at radius 1 is 1.29 bits per heavy atom. The molecule has 0 bridgehead atoms. The standard InChI is InChI=1S/C16H15N7O/c1-11(15-7-4-8-24-15)19-14-6-3-2-5-13(14)18-10-12(9-17)16-20-22-23-21-16/h2-8,10-11,18-19H,1H3,(H,20,21,22,23). The van der Waals surface area contributed by atoms with Gasteiger partial charge in [-0.25, -0.2) is 0 Å². The summed E-state index contributed by atoms with van der Waals surface area (Å²) in [5.41, 5.74) is 1.97. The van der Waals surface area contributed by atoms with Crippen LogP contribution in [-0.2, 0) is 0 Å². The summed E-state index contributed by atoms with van der Waals surface area (Å²) in [4.78, 5) is 0. The average Bonchev–Trinajstić information content (AvgIpc) is 3.31. The lowest BCUT2D eigenvalue weighted by Crippen LogP contribution is -2.07. The van der Waals surface area contributed by atoms with Gasteiger partial charge in [0, 0.05) is 6.20 Å². The van der Waals surface area contributed by atoms with Gasteiger partial charge in [0.05, 0.1) is 23.7 Å². The summed E-state index contributed by atoms with van der Waals surface area (Å²) in [7, 11) is 0. The van der Waals surface area contributed by atoms with E-state index in [1.165, 1.54) is 0 Å². The highest BCUT2D eigenvalue weighted by molar-refractivity contribution is 5.77. The summed E-state index contributed by atoms with van der Waals surface area (Å²) >= 11 is 0. The number of aromatic amines is 1. The first-order chi connectivity index (χ1) is 11.8. The summed E-state index contributed by atoms with van der Waals surface area (Å²) in [5, 5.41) is 29.1. The van der Waals surface area contributed by atoms with Crippen LogP contribution in [0.4, 0.5) is 11.4 Å². The van der Waals surface area contributed by atoms with E-state index < -0.39 is 0 Å². The number of furan rings is 1. The van der Waals surface area contributed by atoms with Crippen LogP contribution in [0.2, 0.25) is 0 Å². The van der Waals surface area contributed by atoms with Crippen LogP contribution in [0.5, 0.6) is 0 Å². The summed E-state index contributed by atoms with van der Waals surface area (Å²) in [6.07, 6.45) is 3.19. The third-order valence-electron chi connectivity index (χ3n) is 3.35. The predicted octanol–water partition coefficient (Wildman–Crippen LogP) is 2.94. The van der Waals surface area contributed by atoms with E-state index in [9.17, 15) is 5.26 Å². The maximum absolute atomic E-state index is 9.21. The number of allylic oxidation sites excluding steroid dienone is 1. The van der Waals surface area contributed by atoms with Crippen LogP contribution in [-0.4, -0.2) is 20.6 Å². The molecule has 3 N–H and O–H groups in total. The van der Waals surface area contributed by atoms with Crippen molar-refractivity contribution >= 4 is 16.9 Å². The third-order valence-corrected chi connectivity index (χ3v) is 3.35. The Morgan fingerprint density at radius 2 is 2.12 bits per heavy atom. The van der Waals surface area contributed by atoms with Gasteiger partial charge in [0.25, 0.3) is 0 Å². The van der Waals surface area contributed by atoms with E-state index in [1.807, 2.05) is 49.4 Å². The van der Waals surface area contributed by atoms with Crippen molar-refractivity contribution < 1.29 is 4.42 Å². The molecule has 0 spiro atoms. The van der Waals surface area contributed by atoms with E-state index in [2.05, 4.69) is 31.3 Å². The molecule has 0 aliphatic carbocycles. The monoisotopic (exact) mass is 321 g/mol. The molecule has 0 saturated heterocycles. The number of benzene rings is 1. The van der Waals surface area contributed by atoms with E-state index in [4.69, 9.17) is 4.42 Å². The minimum absolute atomic E-state index is 0.000395. The van der Waals surface area contributed by atoms with Gasteiger partial charge in [-0.3, -0.25) is 0 Å². The van der Waals surface area contributed by atoms with Crippen molar-refractivity contribution in [3.8, 4) is 6.07 Å². The number of aromatic nitrogens is 4. The zero-order valence-electron chi connectivity index (χ0n) is 12.9. The second kappa shape index (κ2) is 7.11.